The number of hydrogen-bond acceptors (Lipinski definition) is 2. The van der Waals surface area contributed by atoms with Crippen LogP contribution in [0.25, 0.3) is 0 Å². The van der Waals surface area contributed by atoms with Crippen molar-refractivity contribution in [1.82, 2.24) is 14.5 Å². The Balaban J connectivity index is 1.93. The van der Waals surface area contributed by atoms with Crippen LogP contribution in [0.5, 0.6) is 0 Å². The molecule has 1 saturated heterocycles. The van der Waals surface area contributed by atoms with Gasteiger partial charge in [0.25, 0.3) is 0 Å². The molecule has 2 heterocycles. The predicted octanol–water partition coefficient (Wildman–Crippen LogP) is 2.09. The first-order valence-electron chi connectivity index (χ1n) is 6.25. The minimum Gasteiger partial charge on any atom is -0.342 e. The lowest BCUT2D eigenvalue weighted by atomic mass is 9.93. The summed E-state index contributed by atoms with van der Waals surface area (Å²) in [6.45, 7) is 7.67. The number of amides is 1. The molecular weight excluding hydrogens is 214 g/mol. The fourth-order valence-corrected chi connectivity index (χ4v) is 2.33. The Morgan fingerprint density at radius 1 is 1.29 bits per heavy atom. The maximum Gasteiger partial charge on any atom is 0.227 e. The van der Waals surface area contributed by atoms with E-state index in [0.29, 0.717) is 6.04 Å². The van der Waals surface area contributed by atoms with Crippen molar-refractivity contribution in [3.8, 4) is 0 Å². The number of rotatable bonds is 1. The van der Waals surface area contributed by atoms with Gasteiger partial charge in [0.05, 0.1) is 6.33 Å². The second-order valence-electron chi connectivity index (χ2n) is 5.78. The molecule has 0 saturated carbocycles. The highest BCUT2D eigenvalue weighted by molar-refractivity contribution is 5.81. The molecule has 1 aliphatic rings. The summed E-state index contributed by atoms with van der Waals surface area (Å²) in [6.07, 6.45) is 7.74. The number of piperidine rings is 1. The normalized spacial score (nSPS) is 18.4. The molecule has 1 aromatic heterocycles. The number of carbonyl (C=O) groups excluding carboxylic acids is 1. The Labute approximate surface area is 103 Å². The van der Waals surface area contributed by atoms with Crippen molar-refractivity contribution in [2.45, 2.75) is 39.7 Å². The zero-order valence-electron chi connectivity index (χ0n) is 10.9. The van der Waals surface area contributed by atoms with E-state index in [1.54, 1.807) is 0 Å². The molecule has 0 aliphatic carbocycles. The van der Waals surface area contributed by atoms with Gasteiger partial charge >= 0.3 is 0 Å². The van der Waals surface area contributed by atoms with E-state index in [4.69, 9.17) is 0 Å². The molecule has 4 heteroatoms. The molecule has 0 spiro atoms. The number of imidazole rings is 1. The van der Waals surface area contributed by atoms with Crippen LogP contribution in [0.1, 0.15) is 39.7 Å². The first-order valence-corrected chi connectivity index (χ1v) is 6.25. The van der Waals surface area contributed by atoms with Crippen LogP contribution in [0.4, 0.5) is 0 Å². The zero-order chi connectivity index (χ0) is 12.5. The van der Waals surface area contributed by atoms with Gasteiger partial charge in [-0.3, -0.25) is 4.79 Å². The third-order valence-corrected chi connectivity index (χ3v) is 3.34. The molecule has 0 radical (unpaired) electrons. The standard InChI is InChI=1S/C13H21N3O/c1-13(2,3)12(17)15-7-4-11(5-8-15)16-9-6-14-10-16/h6,9-11H,4-5,7-8H2,1-3H3. The van der Waals surface area contributed by atoms with Crippen molar-refractivity contribution < 1.29 is 4.79 Å². The van der Waals surface area contributed by atoms with Gasteiger partial charge in [0, 0.05) is 36.9 Å². The topological polar surface area (TPSA) is 38.1 Å². The number of nitrogens with zero attached hydrogens (tertiary/aromatic N) is 3. The number of aromatic nitrogens is 2. The highest BCUT2D eigenvalue weighted by atomic mass is 16.2. The molecule has 0 N–H and O–H groups in total. The molecule has 1 amide bonds. The van der Waals surface area contributed by atoms with E-state index < -0.39 is 0 Å². The molecule has 2 rings (SSSR count). The maximum atomic E-state index is 12.1. The lowest BCUT2D eigenvalue weighted by Crippen LogP contribution is -2.44. The summed E-state index contributed by atoms with van der Waals surface area (Å²) in [5, 5.41) is 0. The van der Waals surface area contributed by atoms with Crippen LogP contribution in [-0.4, -0.2) is 33.4 Å². The highest BCUT2D eigenvalue weighted by Gasteiger charge is 2.30. The molecule has 94 valence electrons. The molecule has 1 aromatic rings. The van der Waals surface area contributed by atoms with Crippen LogP contribution in [-0.2, 0) is 4.79 Å². The second-order valence-corrected chi connectivity index (χ2v) is 5.78. The Bertz CT molecular complexity index is 370. The van der Waals surface area contributed by atoms with Crippen LogP contribution >= 0.6 is 0 Å². The summed E-state index contributed by atoms with van der Waals surface area (Å²) in [5.74, 6) is 0.265. The predicted molar refractivity (Wildman–Crippen MR) is 66.5 cm³/mol. The molecule has 0 aromatic carbocycles. The molecule has 0 atom stereocenters. The van der Waals surface area contributed by atoms with E-state index >= 15 is 0 Å². The Morgan fingerprint density at radius 2 is 1.94 bits per heavy atom. The van der Waals surface area contributed by atoms with Crippen LogP contribution in [0.15, 0.2) is 18.7 Å². The third kappa shape index (κ3) is 2.68. The molecular formula is C13H21N3O. The summed E-state index contributed by atoms with van der Waals surface area (Å²) in [4.78, 5) is 18.2. The number of carbonyl (C=O) groups is 1. The number of likely N-dealkylation sites (tertiary alicyclic amines) is 1. The summed E-state index contributed by atoms with van der Waals surface area (Å²) < 4.78 is 2.15. The van der Waals surface area contributed by atoms with Gasteiger partial charge in [-0.25, -0.2) is 4.98 Å². The molecule has 0 unspecified atom stereocenters. The first-order chi connectivity index (χ1) is 7.98. The van der Waals surface area contributed by atoms with Gasteiger partial charge in [0.15, 0.2) is 0 Å². The SMILES string of the molecule is CC(C)(C)C(=O)N1CCC(n2ccnc2)CC1. The van der Waals surface area contributed by atoms with Crippen LogP contribution in [0.3, 0.4) is 0 Å². The van der Waals surface area contributed by atoms with Crippen LogP contribution in [0, 0.1) is 5.41 Å². The highest BCUT2D eigenvalue weighted by Crippen LogP contribution is 2.25. The van der Waals surface area contributed by atoms with E-state index in [2.05, 4.69) is 9.55 Å². The van der Waals surface area contributed by atoms with E-state index in [1.165, 1.54) is 0 Å². The van der Waals surface area contributed by atoms with Gasteiger partial charge in [-0.2, -0.15) is 0 Å². The molecule has 17 heavy (non-hydrogen) atoms. The zero-order valence-corrected chi connectivity index (χ0v) is 10.9. The van der Waals surface area contributed by atoms with Crippen molar-refractivity contribution in [3.63, 3.8) is 0 Å². The van der Waals surface area contributed by atoms with Crippen molar-refractivity contribution in [1.29, 1.82) is 0 Å². The minimum atomic E-state index is -0.262. The largest absolute Gasteiger partial charge is 0.342 e. The van der Waals surface area contributed by atoms with Gasteiger partial charge in [-0.05, 0) is 12.8 Å². The Morgan fingerprint density at radius 3 is 2.41 bits per heavy atom. The molecule has 0 bridgehead atoms. The Kier molecular flexibility index (Phi) is 3.22. The van der Waals surface area contributed by atoms with Crippen molar-refractivity contribution in [3.05, 3.63) is 18.7 Å². The van der Waals surface area contributed by atoms with Crippen molar-refractivity contribution in [2.24, 2.45) is 5.41 Å². The second kappa shape index (κ2) is 4.51. The lowest BCUT2D eigenvalue weighted by molar-refractivity contribution is -0.140. The van der Waals surface area contributed by atoms with E-state index in [0.717, 1.165) is 25.9 Å². The average Bonchev–Trinajstić information content (AvgIpc) is 2.80. The van der Waals surface area contributed by atoms with Crippen molar-refractivity contribution in [2.75, 3.05) is 13.1 Å². The molecule has 1 fully saturated rings. The Hall–Kier alpha value is -1.32. The maximum absolute atomic E-state index is 12.1. The van der Waals surface area contributed by atoms with Gasteiger partial charge in [0.2, 0.25) is 5.91 Å². The van der Waals surface area contributed by atoms with Gasteiger partial charge in [0.1, 0.15) is 0 Å². The van der Waals surface area contributed by atoms with E-state index in [-0.39, 0.29) is 11.3 Å². The molecule has 4 nitrogen and oxygen atoms in total. The van der Waals surface area contributed by atoms with Crippen molar-refractivity contribution >= 4 is 5.91 Å². The summed E-state index contributed by atoms with van der Waals surface area (Å²) in [6, 6.07) is 0.501. The first kappa shape index (κ1) is 12.1. The van der Waals surface area contributed by atoms with Crippen LogP contribution in [0.2, 0.25) is 0 Å². The van der Waals surface area contributed by atoms with Gasteiger partial charge in [-0.1, -0.05) is 20.8 Å². The minimum absolute atomic E-state index is 0.262. The fraction of sp³-hybridized carbons (Fsp3) is 0.692. The quantitative estimate of drug-likeness (QED) is 0.747. The summed E-state index contributed by atoms with van der Waals surface area (Å²) in [5.41, 5.74) is -0.262. The lowest BCUT2D eigenvalue weighted by Gasteiger charge is -2.36. The monoisotopic (exact) mass is 235 g/mol. The van der Waals surface area contributed by atoms with Gasteiger partial charge < -0.3 is 9.47 Å². The van der Waals surface area contributed by atoms with E-state index in [9.17, 15) is 4.79 Å². The number of hydrogen-bond donors (Lipinski definition) is 0. The fourth-order valence-electron chi connectivity index (χ4n) is 2.33. The van der Waals surface area contributed by atoms with Crippen LogP contribution < -0.4 is 0 Å². The third-order valence-electron chi connectivity index (χ3n) is 3.34. The molecule has 1 aliphatic heterocycles. The van der Waals surface area contributed by atoms with Gasteiger partial charge in [-0.15, -0.1) is 0 Å². The van der Waals surface area contributed by atoms with E-state index in [1.807, 2.05) is 44.4 Å². The smallest absolute Gasteiger partial charge is 0.227 e. The summed E-state index contributed by atoms with van der Waals surface area (Å²) in [7, 11) is 0. The summed E-state index contributed by atoms with van der Waals surface area (Å²) >= 11 is 0. The average molecular weight is 235 g/mol.